The third kappa shape index (κ3) is 4.62. The number of carbonyl (C=O) groups excluding carboxylic acids is 1. The van der Waals surface area contributed by atoms with Gasteiger partial charge in [0.25, 0.3) is 0 Å². The van der Waals surface area contributed by atoms with Gasteiger partial charge >= 0.3 is 5.97 Å². The smallest absolute Gasteiger partial charge is 0.347 e. The van der Waals surface area contributed by atoms with Crippen molar-refractivity contribution in [3.63, 3.8) is 0 Å². The van der Waals surface area contributed by atoms with Gasteiger partial charge in [-0.25, -0.2) is 4.79 Å². The topological polar surface area (TPSA) is 35.5 Å². The minimum Gasteiger partial charge on any atom is -0.479 e. The van der Waals surface area contributed by atoms with E-state index in [1.165, 1.54) is 0 Å². The highest BCUT2D eigenvalue weighted by Gasteiger charge is 2.15. The second-order valence-corrected chi connectivity index (χ2v) is 5.17. The van der Waals surface area contributed by atoms with Crippen molar-refractivity contribution in [3.8, 4) is 16.9 Å². The molecule has 0 saturated heterocycles. The Bertz CT molecular complexity index is 575. The number of rotatable bonds is 7. The summed E-state index contributed by atoms with van der Waals surface area (Å²) in [5, 5.41) is 0. The Morgan fingerprint density at radius 1 is 1.00 bits per heavy atom. The van der Waals surface area contributed by atoms with E-state index in [4.69, 9.17) is 9.47 Å². The molecule has 2 aromatic carbocycles. The molecular formula is C19H22O3. The molecule has 0 aliphatic rings. The third-order valence-corrected chi connectivity index (χ3v) is 3.35. The van der Waals surface area contributed by atoms with Crippen molar-refractivity contribution in [3.05, 3.63) is 54.6 Å². The molecule has 0 bridgehead atoms. The highest BCUT2D eigenvalue weighted by molar-refractivity contribution is 5.74. The molecule has 0 heterocycles. The van der Waals surface area contributed by atoms with Crippen LogP contribution in [0.15, 0.2) is 54.6 Å². The Balaban J connectivity index is 1.92. The number of ether oxygens (including phenoxy) is 2. The molecular weight excluding hydrogens is 276 g/mol. The quantitative estimate of drug-likeness (QED) is 0.559. The van der Waals surface area contributed by atoms with Crippen molar-refractivity contribution in [1.29, 1.82) is 0 Å². The van der Waals surface area contributed by atoms with E-state index in [1.807, 2.05) is 42.5 Å². The van der Waals surface area contributed by atoms with Crippen LogP contribution in [-0.2, 0) is 9.53 Å². The maximum atomic E-state index is 11.8. The van der Waals surface area contributed by atoms with Gasteiger partial charge in [0.1, 0.15) is 5.75 Å². The number of esters is 1. The van der Waals surface area contributed by atoms with Crippen LogP contribution in [0.1, 0.15) is 26.7 Å². The predicted octanol–water partition coefficient (Wildman–Crippen LogP) is 4.46. The van der Waals surface area contributed by atoms with Gasteiger partial charge in [-0.3, -0.25) is 0 Å². The Hall–Kier alpha value is -2.29. The van der Waals surface area contributed by atoms with Gasteiger partial charge in [0, 0.05) is 0 Å². The molecule has 0 radical (unpaired) electrons. The van der Waals surface area contributed by atoms with Gasteiger partial charge in [0.15, 0.2) is 6.10 Å². The highest BCUT2D eigenvalue weighted by Crippen LogP contribution is 2.22. The second-order valence-electron chi connectivity index (χ2n) is 5.17. The van der Waals surface area contributed by atoms with Crippen LogP contribution in [0.5, 0.6) is 5.75 Å². The van der Waals surface area contributed by atoms with Gasteiger partial charge < -0.3 is 9.47 Å². The van der Waals surface area contributed by atoms with Gasteiger partial charge in [-0.1, -0.05) is 55.8 Å². The molecule has 0 saturated carbocycles. The van der Waals surface area contributed by atoms with Crippen LogP contribution >= 0.6 is 0 Å². The summed E-state index contributed by atoms with van der Waals surface area (Å²) in [5.41, 5.74) is 2.27. The Labute approximate surface area is 131 Å². The lowest BCUT2D eigenvalue weighted by Crippen LogP contribution is -2.26. The fourth-order valence-corrected chi connectivity index (χ4v) is 2.04. The first-order valence-electron chi connectivity index (χ1n) is 7.69. The van der Waals surface area contributed by atoms with Gasteiger partial charge in [-0.05, 0) is 36.6 Å². The van der Waals surface area contributed by atoms with E-state index >= 15 is 0 Å². The largest absolute Gasteiger partial charge is 0.479 e. The van der Waals surface area contributed by atoms with Crippen LogP contribution in [0.3, 0.4) is 0 Å². The van der Waals surface area contributed by atoms with Crippen LogP contribution in [0.25, 0.3) is 11.1 Å². The fraction of sp³-hybridized carbons (Fsp3) is 0.316. The Morgan fingerprint density at radius 2 is 1.64 bits per heavy atom. The molecule has 2 rings (SSSR count). The lowest BCUT2D eigenvalue weighted by atomic mass is 10.1. The van der Waals surface area contributed by atoms with Crippen molar-refractivity contribution in [2.45, 2.75) is 32.8 Å². The van der Waals surface area contributed by atoms with E-state index < -0.39 is 6.10 Å². The Kier molecular flexibility index (Phi) is 6.01. The van der Waals surface area contributed by atoms with E-state index in [2.05, 4.69) is 19.1 Å². The first-order chi connectivity index (χ1) is 10.7. The lowest BCUT2D eigenvalue weighted by molar-refractivity contribution is -0.151. The molecule has 2 aromatic rings. The highest BCUT2D eigenvalue weighted by atomic mass is 16.6. The molecule has 0 aromatic heterocycles. The van der Waals surface area contributed by atoms with E-state index in [1.54, 1.807) is 6.92 Å². The van der Waals surface area contributed by atoms with Crippen LogP contribution in [0, 0.1) is 0 Å². The van der Waals surface area contributed by atoms with E-state index in [-0.39, 0.29) is 5.97 Å². The number of carbonyl (C=O) groups is 1. The minimum atomic E-state index is -0.598. The zero-order valence-corrected chi connectivity index (χ0v) is 13.1. The van der Waals surface area contributed by atoms with Crippen molar-refractivity contribution in [2.24, 2.45) is 0 Å². The van der Waals surface area contributed by atoms with E-state index in [0.29, 0.717) is 12.4 Å². The minimum absolute atomic E-state index is 0.319. The maximum absolute atomic E-state index is 11.8. The summed E-state index contributed by atoms with van der Waals surface area (Å²) < 4.78 is 10.8. The molecule has 0 aliphatic carbocycles. The molecule has 0 aliphatic heterocycles. The molecule has 0 N–H and O–H groups in total. The standard InChI is InChI=1S/C19H22O3/c1-3-4-14-21-19(20)15(2)22-18-12-10-17(11-13-18)16-8-6-5-7-9-16/h5-13,15H,3-4,14H2,1-2H3/t15-/m1/s1. The summed E-state index contributed by atoms with van der Waals surface area (Å²) in [6, 6.07) is 17.8. The van der Waals surface area contributed by atoms with Crippen LogP contribution in [-0.4, -0.2) is 18.7 Å². The summed E-state index contributed by atoms with van der Waals surface area (Å²) in [4.78, 5) is 11.8. The summed E-state index contributed by atoms with van der Waals surface area (Å²) in [6.07, 6.45) is 1.28. The lowest BCUT2D eigenvalue weighted by Gasteiger charge is -2.14. The molecule has 0 spiro atoms. The Morgan fingerprint density at radius 3 is 2.27 bits per heavy atom. The summed E-state index contributed by atoms with van der Waals surface area (Å²) in [7, 11) is 0. The van der Waals surface area contributed by atoms with E-state index in [9.17, 15) is 4.79 Å². The second kappa shape index (κ2) is 8.23. The van der Waals surface area contributed by atoms with Crippen molar-refractivity contribution >= 4 is 5.97 Å². The molecule has 0 fully saturated rings. The SMILES string of the molecule is CCCCOC(=O)[C@@H](C)Oc1ccc(-c2ccccc2)cc1. The van der Waals surface area contributed by atoms with Crippen molar-refractivity contribution in [1.82, 2.24) is 0 Å². The third-order valence-electron chi connectivity index (χ3n) is 3.35. The molecule has 3 heteroatoms. The molecule has 22 heavy (non-hydrogen) atoms. The summed E-state index contributed by atoms with van der Waals surface area (Å²) in [6.45, 7) is 4.22. The van der Waals surface area contributed by atoms with Crippen LogP contribution < -0.4 is 4.74 Å². The van der Waals surface area contributed by atoms with E-state index in [0.717, 1.165) is 24.0 Å². The first-order valence-corrected chi connectivity index (χ1v) is 7.69. The van der Waals surface area contributed by atoms with Gasteiger partial charge in [0.2, 0.25) is 0 Å². The average molecular weight is 298 g/mol. The van der Waals surface area contributed by atoms with Gasteiger partial charge in [-0.2, -0.15) is 0 Å². The summed E-state index contributed by atoms with van der Waals surface area (Å²) in [5.74, 6) is 0.347. The normalized spacial score (nSPS) is 11.7. The predicted molar refractivity (Wildman–Crippen MR) is 87.8 cm³/mol. The molecule has 1 atom stereocenters. The van der Waals surface area contributed by atoms with Gasteiger partial charge in [0.05, 0.1) is 6.61 Å². The van der Waals surface area contributed by atoms with Crippen LogP contribution in [0.2, 0.25) is 0 Å². The van der Waals surface area contributed by atoms with Gasteiger partial charge in [-0.15, -0.1) is 0 Å². The van der Waals surface area contributed by atoms with Crippen molar-refractivity contribution < 1.29 is 14.3 Å². The number of unbranched alkanes of at least 4 members (excludes halogenated alkanes) is 1. The fourth-order valence-electron chi connectivity index (χ4n) is 2.04. The maximum Gasteiger partial charge on any atom is 0.347 e. The molecule has 0 amide bonds. The monoisotopic (exact) mass is 298 g/mol. The number of hydrogen-bond donors (Lipinski definition) is 0. The molecule has 3 nitrogen and oxygen atoms in total. The average Bonchev–Trinajstić information content (AvgIpc) is 2.56. The first kappa shape index (κ1) is 16.1. The molecule has 0 unspecified atom stereocenters. The van der Waals surface area contributed by atoms with Crippen molar-refractivity contribution in [2.75, 3.05) is 6.61 Å². The van der Waals surface area contributed by atoms with Crippen LogP contribution in [0.4, 0.5) is 0 Å². The number of hydrogen-bond acceptors (Lipinski definition) is 3. The zero-order valence-electron chi connectivity index (χ0n) is 13.1. The molecule has 116 valence electrons. The number of benzene rings is 2. The summed E-state index contributed by atoms with van der Waals surface area (Å²) >= 11 is 0. The zero-order chi connectivity index (χ0) is 15.8.